The maximum Gasteiger partial charge on any atom is 0.239 e. The fourth-order valence-corrected chi connectivity index (χ4v) is 2.80. The van der Waals surface area contributed by atoms with Gasteiger partial charge >= 0.3 is 0 Å². The zero-order chi connectivity index (χ0) is 13.7. The summed E-state index contributed by atoms with van der Waals surface area (Å²) in [5, 5.41) is 6.28. The van der Waals surface area contributed by atoms with Crippen molar-refractivity contribution in [2.24, 2.45) is 5.92 Å². The Morgan fingerprint density at radius 2 is 1.95 bits per heavy atom. The van der Waals surface area contributed by atoms with Gasteiger partial charge < -0.3 is 10.6 Å². The summed E-state index contributed by atoms with van der Waals surface area (Å²) >= 11 is 3.39. The number of carbonyl (C=O) groups excluding carboxylic acids is 1. The molecule has 1 aliphatic rings. The van der Waals surface area contributed by atoms with Crippen LogP contribution in [0.25, 0.3) is 0 Å². The predicted molar refractivity (Wildman–Crippen MR) is 82.2 cm³/mol. The summed E-state index contributed by atoms with van der Waals surface area (Å²) in [4.78, 5) is 11.9. The molecule has 0 aromatic heterocycles. The van der Waals surface area contributed by atoms with E-state index >= 15 is 0 Å². The molecular weight excluding hydrogens is 304 g/mol. The third-order valence-corrected chi connectivity index (χ3v) is 4.28. The monoisotopic (exact) mass is 324 g/mol. The van der Waals surface area contributed by atoms with E-state index in [1.807, 2.05) is 24.3 Å². The Kier molecular flexibility index (Phi) is 5.25. The zero-order valence-electron chi connectivity index (χ0n) is 11.3. The van der Waals surface area contributed by atoms with Gasteiger partial charge in [-0.25, -0.2) is 0 Å². The average molecular weight is 325 g/mol. The van der Waals surface area contributed by atoms with Crippen molar-refractivity contribution in [3.8, 4) is 0 Å². The fraction of sp³-hybridized carbons (Fsp3) is 0.533. The van der Waals surface area contributed by atoms with E-state index in [9.17, 15) is 4.79 Å². The molecule has 1 aromatic carbocycles. The minimum atomic E-state index is 0.0849. The molecule has 1 aromatic rings. The molecule has 0 heterocycles. The van der Waals surface area contributed by atoms with Crippen LogP contribution in [0.2, 0.25) is 0 Å². The molecule has 0 unspecified atom stereocenters. The van der Waals surface area contributed by atoms with Crippen LogP contribution >= 0.6 is 15.9 Å². The van der Waals surface area contributed by atoms with Crippen molar-refractivity contribution in [3.05, 3.63) is 28.7 Å². The van der Waals surface area contributed by atoms with E-state index in [0.29, 0.717) is 18.5 Å². The number of rotatable bonds is 4. The van der Waals surface area contributed by atoms with Crippen molar-refractivity contribution in [1.29, 1.82) is 0 Å². The summed E-state index contributed by atoms with van der Waals surface area (Å²) < 4.78 is 1.04. The Morgan fingerprint density at radius 1 is 1.26 bits per heavy atom. The second-order valence-electron chi connectivity index (χ2n) is 5.30. The van der Waals surface area contributed by atoms with Crippen molar-refractivity contribution in [1.82, 2.24) is 5.32 Å². The minimum Gasteiger partial charge on any atom is -0.376 e. The number of anilines is 1. The maximum atomic E-state index is 11.9. The molecule has 1 fully saturated rings. The molecule has 1 aliphatic carbocycles. The first-order chi connectivity index (χ1) is 9.15. The Bertz CT molecular complexity index is 419. The number of nitrogens with one attached hydrogen (secondary N) is 2. The van der Waals surface area contributed by atoms with Crippen LogP contribution in [0, 0.1) is 5.92 Å². The molecular formula is C15H21BrN2O. The van der Waals surface area contributed by atoms with Crippen molar-refractivity contribution >= 4 is 27.5 Å². The molecule has 1 saturated carbocycles. The number of hydrogen-bond acceptors (Lipinski definition) is 2. The van der Waals surface area contributed by atoms with E-state index < -0.39 is 0 Å². The third-order valence-electron chi connectivity index (χ3n) is 3.76. The summed E-state index contributed by atoms with van der Waals surface area (Å²) in [5.74, 6) is 0.687. The Morgan fingerprint density at radius 3 is 2.63 bits per heavy atom. The molecule has 4 heteroatoms. The van der Waals surface area contributed by atoms with E-state index in [2.05, 4.69) is 33.5 Å². The van der Waals surface area contributed by atoms with Gasteiger partial charge in [0.1, 0.15) is 0 Å². The molecule has 0 spiro atoms. The fourth-order valence-electron chi connectivity index (χ4n) is 2.54. The molecule has 2 rings (SSSR count). The van der Waals surface area contributed by atoms with E-state index in [4.69, 9.17) is 0 Å². The molecule has 2 N–H and O–H groups in total. The second-order valence-corrected chi connectivity index (χ2v) is 6.21. The molecule has 0 radical (unpaired) electrons. The number of benzene rings is 1. The smallest absolute Gasteiger partial charge is 0.239 e. The molecule has 1 amide bonds. The van der Waals surface area contributed by atoms with Gasteiger partial charge in [-0.05, 0) is 43.0 Å². The quantitative estimate of drug-likeness (QED) is 0.889. The van der Waals surface area contributed by atoms with Crippen LogP contribution in [-0.2, 0) is 4.79 Å². The average Bonchev–Trinajstić information content (AvgIpc) is 2.41. The van der Waals surface area contributed by atoms with Crippen molar-refractivity contribution < 1.29 is 4.79 Å². The Labute approximate surface area is 123 Å². The standard InChI is InChI=1S/C15H21BrN2O/c1-11-4-2-3-5-14(11)18-15(19)10-17-13-8-6-12(16)7-9-13/h6-9,11,14,17H,2-5,10H2,1H3,(H,18,19)/t11-,14+/m0/s1. The maximum absolute atomic E-state index is 11.9. The van der Waals surface area contributed by atoms with Crippen LogP contribution < -0.4 is 10.6 Å². The first-order valence-electron chi connectivity index (χ1n) is 6.94. The Balaban J connectivity index is 1.76. The lowest BCUT2D eigenvalue weighted by molar-refractivity contribution is -0.120. The number of hydrogen-bond donors (Lipinski definition) is 2. The van der Waals surface area contributed by atoms with Crippen LogP contribution in [0.5, 0.6) is 0 Å². The van der Waals surface area contributed by atoms with Crippen molar-refractivity contribution in [2.75, 3.05) is 11.9 Å². The van der Waals surface area contributed by atoms with Crippen molar-refractivity contribution in [2.45, 2.75) is 38.6 Å². The van der Waals surface area contributed by atoms with Gasteiger partial charge in [0.15, 0.2) is 0 Å². The van der Waals surface area contributed by atoms with Gasteiger partial charge in [-0.15, -0.1) is 0 Å². The van der Waals surface area contributed by atoms with Crippen LogP contribution in [0.3, 0.4) is 0 Å². The van der Waals surface area contributed by atoms with Crippen LogP contribution in [0.1, 0.15) is 32.6 Å². The molecule has 19 heavy (non-hydrogen) atoms. The Hall–Kier alpha value is -1.03. The summed E-state index contributed by atoms with van der Waals surface area (Å²) in [6, 6.07) is 8.20. The molecule has 0 saturated heterocycles. The van der Waals surface area contributed by atoms with Crippen molar-refractivity contribution in [3.63, 3.8) is 0 Å². The lowest BCUT2D eigenvalue weighted by atomic mass is 9.86. The van der Waals surface area contributed by atoms with Crippen LogP contribution in [0.4, 0.5) is 5.69 Å². The van der Waals surface area contributed by atoms with Gasteiger partial charge in [0.25, 0.3) is 0 Å². The van der Waals surface area contributed by atoms with Gasteiger partial charge in [0, 0.05) is 16.2 Å². The van der Waals surface area contributed by atoms with Gasteiger partial charge in [-0.1, -0.05) is 35.7 Å². The molecule has 0 bridgehead atoms. The van der Waals surface area contributed by atoms with E-state index in [-0.39, 0.29) is 5.91 Å². The highest BCUT2D eigenvalue weighted by Crippen LogP contribution is 2.23. The number of amides is 1. The summed E-state index contributed by atoms with van der Waals surface area (Å²) in [6.07, 6.45) is 4.87. The summed E-state index contributed by atoms with van der Waals surface area (Å²) in [6.45, 7) is 2.57. The topological polar surface area (TPSA) is 41.1 Å². The number of carbonyl (C=O) groups is 1. The van der Waals surface area contributed by atoms with E-state index in [1.165, 1.54) is 19.3 Å². The van der Waals surface area contributed by atoms with Crippen LogP contribution in [0.15, 0.2) is 28.7 Å². The summed E-state index contributed by atoms with van der Waals surface area (Å²) in [5.41, 5.74) is 0.968. The predicted octanol–water partition coefficient (Wildman–Crippen LogP) is 3.56. The molecule has 3 nitrogen and oxygen atoms in total. The summed E-state index contributed by atoms with van der Waals surface area (Å²) in [7, 11) is 0. The molecule has 0 aliphatic heterocycles. The minimum absolute atomic E-state index is 0.0849. The zero-order valence-corrected chi connectivity index (χ0v) is 12.9. The highest BCUT2D eigenvalue weighted by molar-refractivity contribution is 9.10. The van der Waals surface area contributed by atoms with Gasteiger partial charge in [-0.2, -0.15) is 0 Å². The third kappa shape index (κ3) is 4.53. The number of halogens is 1. The van der Waals surface area contributed by atoms with Gasteiger partial charge in [0.2, 0.25) is 5.91 Å². The highest BCUT2D eigenvalue weighted by atomic mass is 79.9. The first-order valence-corrected chi connectivity index (χ1v) is 7.73. The van der Waals surface area contributed by atoms with Crippen LogP contribution in [-0.4, -0.2) is 18.5 Å². The lowest BCUT2D eigenvalue weighted by Gasteiger charge is -2.29. The second kappa shape index (κ2) is 6.94. The lowest BCUT2D eigenvalue weighted by Crippen LogP contribution is -2.43. The largest absolute Gasteiger partial charge is 0.376 e. The first kappa shape index (κ1) is 14.4. The molecule has 2 atom stereocenters. The van der Waals surface area contributed by atoms with E-state index in [0.717, 1.165) is 16.6 Å². The SMILES string of the molecule is C[C@H]1CCCC[C@H]1NC(=O)CNc1ccc(Br)cc1. The van der Waals surface area contributed by atoms with Gasteiger partial charge in [0.05, 0.1) is 6.54 Å². The highest BCUT2D eigenvalue weighted by Gasteiger charge is 2.22. The normalized spacial score (nSPS) is 22.8. The van der Waals surface area contributed by atoms with E-state index in [1.54, 1.807) is 0 Å². The van der Waals surface area contributed by atoms with Gasteiger partial charge in [-0.3, -0.25) is 4.79 Å². The molecule has 104 valence electrons.